The summed E-state index contributed by atoms with van der Waals surface area (Å²) in [5.41, 5.74) is -0.192. The maximum atomic E-state index is 10.8. The van der Waals surface area contributed by atoms with Crippen molar-refractivity contribution < 1.29 is 9.66 Å². The number of piperidine rings is 1. The molecule has 0 saturated carbocycles. The van der Waals surface area contributed by atoms with Crippen molar-refractivity contribution in [1.82, 2.24) is 10.3 Å². The first-order chi connectivity index (χ1) is 8.16. The van der Waals surface area contributed by atoms with Crippen molar-refractivity contribution in [2.24, 2.45) is 0 Å². The molecule has 0 unspecified atom stereocenters. The lowest BCUT2D eigenvalue weighted by Crippen LogP contribution is -2.37. The number of ether oxygens (including phenoxy) is 1. The molecule has 1 N–H and O–H groups in total. The number of pyridine rings is 1. The lowest BCUT2D eigenvalue weighted by atomic mass is 10.1. The highest BCUT2D eigenvalue weighted by Gasteiger charge is 2.22. The molecule has 0 aromatic carbocycles. The smallest absolute Gasteiger partial charge is 0.332 e. The van der Waals surface area contributed by atoms with Gasteiger partial charge >= 0.3 is 5.69 Å². The summed E-state index contributed by atoms with van der Waals surface area (Å²) in [7, 11) is 0. The molecule has 1 aliphatic heterocycles. The molecule has 7 heteroatoms. The highest BCUT2D eigenvalue weighted by Crippen LogP contribution is 2.28. The molecule has 1 atom stereocenters. The van der Waals surface area contributed by atoms with Crippen LogP contribution in [0.4, 0.5) is 5.69 Å². The van der Waals surface area contributed by atoms with Crippen molar-refractivity contribution in [3.05, 3.63) is 27.4 Å². The molecule has 1 aromatic heterocycles. The van der Waals surface area contributed by atoms with Crippen LogP contribution in [0, 0.1) is 10.1 Å². The van der Waals surface area contributed by atoms with Gasteiger partial charge in [0.15, 0.2) is 0 Å². The van der Waals surface area contributed by atoms with Crippen LogP contribution in [0.3, 0.4) is 0 Å². The molecule has 1 aliphatic rings. The topological polar surface area (TPSA) is 77.3 Å². The van der Waals surface area contributed by atoms with Crippen molar-refractivity contribution in [2.45, 2.75) is 18.9 Å². The number of hydrogen-bond donors (Lipinski definition) is 1. The molecular weight excluding hydrogens is 246 g/mol. The summed E-state index contributed by atoms with van der Waals surface area (Å²) in [6.45, 7) is 1.64. The van der Waals surface area contributed by atoms with Gasteiger partial charge in [-0.3, -0.25) is 10.1 Å². The summed E-state index contributed by atoms with van der Waals surface area (Å²) >= 11 is 5.67. The van der Waals surface area contributed by atoms with Crippen LogP contribution in [0.2, 0.25) is 5.02 Å². The fraction of sp³-hybridized carbons (Fsp3) is 0.500. The van der Waals surface area contributed by atoms with Crippen LogP contribution in [0.5, 0.6) is 5.88 Å². The van der Waals surface area contributed by atoms with E-state index in [-0.39, 0.29) is 22.7 Å². The van der Waals surface area contributed by atoms with Gasteiger partial charge in [-0.25, -0.2) is 4.98 Å². The normalized spacial score (nSPS) is 19.9. The number of rotatable bonds is 3. The van der Waals surface area contributed by atoms with Gasteiger partial charge in [0.2, 0.25) is 0 Å². The van der Waals surface area contributed by atoms with Gasteiger partial charge in [-0.2, -0.15) is 0 Å². The predicted molar refractivity (Wildman–Crippen MR) is 62.4 cm³/mol. The Kier molecular flexibility index (Phi) is 3.75. The standard InChI is InChI=1S/C10H12ClN3O3/c11-7-4-9(14(15)16)10(13-5-7)17-8-2-1-3-12-6-8/h4-5,8,12H,1-3,6H2/t8-/m0/s1. The molecule has 6 nitrogen and oxygen atoms in total. The van der Waals surface area contributed by atoms with Crippen LogP contribution in [0.1, 0.15) is 12.8 Å². The van der Waals surface area contributed by atoms with Crippen molar-refractivity contribution in [3.63, 3.8) is 0 Å². The maximum absolute atomic E-state index is 10.8. The molecule has 0 bridgehead atoms. The minimum atomic E-state index is -0.537. The number of nitro groups is 1. The van der Waals surface area contributed by atoms with Crippen LogP contribution in [-0.4, -0.2) is 29.1 Å². The van der Waals surface area contributed by atoms with Crippen molar-refractivity contribution in [3.8, 4) is 5.88 Å². The van der Waals surface area contributed by atoms with E-state index in [1.807, 2.05) is 0 Å². The zero-order chi connectivity index (χ0) is 12.3. The fourth-order valence-corrected chi connectivity index (χ4v) is 1.87. The van der Waals surface area contributed by atoms with Gasteiger partial charge in [0.05, 0.1) is 16.1 Å². The molecule has 1 fully saturated rings. The first kappa shape index (κ1) is 12.1. The van der Waals surface area contributed by atoms with E-state index in [1.54, 1.807) is 0 Å². The van der Waals surface area contributed by atoms with Crippen LogP contribution < -0.4 is 10.1 Å². The van der Waals surface area contributed by atoms with E-state index in [2.05, 4.69) is 10.3 Å². The molecular formula is C10H12ClN3O3. The lowest BCUT2D eigenvalue weighted by molar-refractivity contribution is -0.386. The monoisotopic (exact) mass is 257 g/mol. The average Bonchev–Trinajstić information content (AvgIpc) is 2.32. The van der Waals surface area contributed by atoms with Crippen molar-refractivity contribution >= 4 is 17.3 Å². The second-order valence-electron chi connectivity index (χ2n) is 3.82. The van der Waals surface area contributed by atoms with E-state index >= 15 is 0 Å². The Hall–Kier alpha value is -1.40. The Morgan fingerprint density at radius 3 is 3.12 bits per heavy atom. The molecule has 0 radical (unpaired) electrons. The number of aromatic nitrogens is 1. The molecule has 1 aromatic rings. The minimum absolute atomic E-state index is 0.0353. The molecule has 0 spiro atoms. The summed E-state index contributed by atoms with van der Waals surface area (Å²) in [6, 6.07) is 1.25. The Balaban J connectivity index is 2.16. The van der Waals surface area contributed by atoms with Gasteiger partial charge in [0.25, 0.3) is 5.88 Å². The first-order valence-electron chi connectivity index (χ1n) is 5.34. The van der Waals surface area contributed by atoms with Gasteiger partial charge in [-0.1, -0.05) is 11.6 Å². The van der Waals surface area contributed by atoms with E-state index in [0.29, 0.717) is 6.54 Å². The molecule has 17 heavy (non-hydrogen) atoms. The van der Waals surface area contributed by atoms with Crippen molar-refractivity contribution in [1.29, 1.82) is 0 Å². The van der Waals surface area contributed by atoms with Gasteiger partial charge in [-0.15, -0.1) is 0 Å². The zero-order valence-electron chi connectivity index (χ0n) is 9.06. The summed E-state index contributed by atoms with van der Waals surface area (Å²) in [5, 5.41) is 14.2. The summed E-state index contributed by atoms with van der Waals surface area (Å²) in [4.78, 5) is 14.2. The highest BCUT2D eigenvalue weighted by atomic mass is 35.5. The molecule has 2 rings (SSSR count). The van der Waals surface area contributed by atoms with Gasteiger partial charge in [0, 0.05) is 12.6 Å². The van der Waals surface area contributed by atoms with Gasteiger partial charge in [-0.05, 0) is 19.4 Å². The second-order valence-corrected chi connectivity index (χ2v) is 4.26. The fourth-order valence-electron chi connectivity index (χ4n) is 1.72. The minimum Gasteiger partial charge on any atom is -0.468 e. The average molecular weight is 258 g/mol. The van der Waals surface area contributed by atoms with E-state index in [9.17, 15) is 10.1 Å². The molecule has 1 saturated heterocycles. The zero-order valence-corrected chi connectivity index (χ0v) is 9.81. The number of nitrogens with one attached hydrogen (secondary N) is 1. The largest absolute Gasteiger partial charge is 0.468 e. The van der Waals surface area contributed by atoms with E-state index in [0.717, 1.165) is 19.4 Å². The number of hydrogen-bond acceptors (Lipinski definition) is 5. The molecule has 2 heterocycles. The Bertz CT molecular complexity index is 421. The highest BCUT2D eigenvalue weighted by molar-refractivity contribution is 6.30. The van der Waals surface area contributed by atoms with E-state index < -0.39 is 4.92 Å². The number of halogens is 1. The van der Waals surface area contributed by atoms with Gasteiger partial charge in [0.1, 0.15) is 6.10 Å². The third-order valence-corrected chi connectivity index (χ3v) is 2.73. The number of nitrogens with zero attached hydrogens (tertiary/aromatic N) is 2. The first-order valence-corrected chi connectivity index (χ1v) is 5.72. The van der Waals surface area contributed by atoms with Gasteiger partial charge < -0.3 is 10.1 Å². The molecule has 92 valence electrons. The maximum Gasteiger partial charge on any atom is 0.332 e. The van der Waals surface area contributed by atoms with Crippen LogP contribution in [-0.2, 0) is 0 Å². The van der Waals surface area contributed by atoms with Crippen molar-refractivity contribution in [2.75, 3.05) is 13.1 Å². The Morgan fingerprint density at radius 1 is 1.65 bits per heavy atom. The summed E-state index contributed by atoms with van der Waals surface area (Å²) < 4.78 is 5.53. The Morgan fingerprint density at radius 2 is 2.47 bits per heavy atom. The molecule has 0 aliphatic carbocycles. The third kappa shape index (κ3) is 3.04. The second kappa shape index (κ2) is 5.29. The predicted octanol–water partition coefficient (Wildman–Crippen LogP) is 1.77. The SMILES string of the molecule is O=[N+]([O-])c1cc(Cl)cnc1O[C@H]1CCCNC1. The molecule has 0 amide bonds. The lowest BCUT2D eigenvalue weighted by Gasteiger charge is -2.23. The van der Waals surface area contributed by atoms with E-state index in [4.69, 9.17) is 16.3 Å². The van der Waals surface area contributed by atoms with E-state index in [1.165, 1.54) is 12.3 Å². The van der Waals surface area contributed by atoms with Crippen LogP contribution in [0.25, 0.3) is 0 Å². The summed E-state index contributed by atoms with van der Waals surface area (Å²) in [5.74, 6) is 0.0353. The third-order valence-electron chi connectivity index (χ3n) is 2.53. The quantitative estimate of drug-likeness (QED) is 0.660. The summed E-state index contributed by atoms with van der Waals surface area (Å²) in [6.07, 6.45) is 3.14. The van der Waals surface area contributed by atoms with Crippen LogP contribution >= 0.6 is 11.6 Å². The Labute approximate surface area is 103 Å². The van der Waals surface area contributed by atoms with Crippen LogP contribution in [0.15, 0.2) is 12.3 Å².